The second-order valence-corrected chi connectivity index (χ2v) is 14.7. The van der Waals surface area contributed by atoms with Gasteiger partial charge in [-0.15, -0.1) is 40.5 Å². The number of pyridine rings is 1. The van der Waals surface area contributed by atoms with Crippen LogP contribution in [-0.2, 0) is 30.3 Å². The van der Waals surface area contributed by atoms with Gasteiger partial charge in [0.05, 0.1) is 11.3 Å². The Hall–Kier alpha value is -3.37. The molecular weight excluding hydrogens is 787 g/mol. The van der Waals surface area contributed by atoms with Crippen LogP contribution in [0.5, 0.6) is 0 Å². The molecule has 0 unspecified atom stereocenters. The Bertz CT molecular complexity index is 2080. The molecule has 0 atom stereocenters. The van der Waals surface area contributed by atoms with Gasteiger partial charge >= 0.3 is 0 Å². The smallest absolute Gasteiger partial charge is 0.162 e. The molecule has 0 aliphatic heterocycles. The van der Waals surface area contributed by atoms with Gasteiger partial charge in [0, 0.05) is 58.5 Å². The Morgan fingerprint density at radius 1 is 0.854 bits per heavy atom. The third kappa shape index (κ3) is 7.75. The number of nitrogens with zero attached hydrogens (tertiary/aromatic N) is 1. The summed E-state index contributed by atoms with van der Waals surface area (Å²) in [4.78, 5) is 17.0. The molecule has 3 nitrogen and oxygen atoms in total. The molecule has 6 aromatic rings. The first-order chi connectivity index (χ1) is 22.5. The molecule has 0 amide bonds. The van der Waals surface area contributed by atoms with E-state index in [2.05, 4.69) is 107 Å². The van der Waals surface area contributed by atoms with E-state index in [9.17, 15) is 9.90 Å². The van der Waals surface area contributed by atoms with Crippen LogP contribution in [0.15, 0.2) is 84.6 Å². The van der Waals surface area contributed by atoms with Crippen LogP contribution >= 0.6 is 11.3 Å². The van der Waals surface area contributed by atoms with Crippen LogP contribution in [0.2, 0.25) is 0 Å². The summed E-state index contributed by atoms with van der Waals surface area (Å²) in [5.74, 6) is 0.547. The van der Waals surface area contributed by atoms with Crippen LogP contribution in [0, 0.1) is 24.8 Å². The minimum Gasteiger partial charge on any atom is -0.512 e. The molecule has 0 bridgehead atoms. The van der Waals surface area contributed by atoms with E-state index in [4.69, 9.17) is 4.98 Å². The Balaban J connectivity index is 0.000000279. The van der Waals surface area contributed by atoms with Crippen LogP contribution in [0.1, 0.15) is 85.3 Å². The van der Waals surface area contributed by atoms with Crippen molar-refractivity contribution in [3.8, 4) is 11.3 Å². The van der Waals surface area contributed by atoms with Gasteiger partial charge in [-0.25, -0.2) is 0 Å². The summed E-state index contributed by atoms with van der Waals surface area (Å²) in [6, 6.07) is 29.9. The SMILES string of the molecule is CCC(CC)C(=O)/C=C(\O)C(CC)CC.Cc1ccc2nc(-c3[c-]c4ccccc4c(C(C)(C)C)c3)c3c4ccccc4sc3c2c1.[Ir]. The van der Waals surface area contributed by atoms with Gasteiger partial charge < -0.3 is 5.11 Å². The molecule has 0 spiro atoms. The molecule has 0 saturated heterocycles. The zero-order chi connectivity index (χ0) is 33.9. The Labute approximate surface area is 303 Å². The van der Waals surface area contributed by atoms with Gasteiger partial charge in [-0.3, -0.25) is 9.78 Å². The van der Waals surface area contributed by atoms with Crippen molar-refractivity contribution in [2.24, 2.45) is 11.8 Å². The molecule has 2 aromatic heterocycles. The fourth-order valence-corrected chi connectivity index (χ4v) is 7.76. The average molecular weight is 835 g/mol. The number of carbonyl (C=O) groups is 1. The zero-order valence-corrected chi connectivity index (χ0v) is 32.7. The summed E-state index contributed by atoms with van der Waals surface area (Å²) in [6.07, 6.45) is 4.91. The van der Waals surface area contributed by atoms with E-state index < -0.39 is 0 Å². The second kappa shape index (κ2) is 15.9. The number of allylic oxidation sites excluding steroid dienone is 2. The third-order valence-electron chi connectivity index (χ3n) is 9.38. The monoisotopic (exact) mass is 835 g/mol. The Morgan fingerprint density at radius 3 is 2.12 bits per heavy atom. The fourth-order valence-electron chi connectivity index (χ4n) is 6.53. The molecule has 0 saturated carbocycles. The molecule has 0 aliphatic carbocycles. The molecule has 48 heavy (non-hydrogen) atoms. The van der Waals surface area contributed by atoms with Crippen LogP contribution in [0.4, 0.5) is 0 Å². The third-order valence-corrected chi connectivity index (χ3v) is 10.6. The minimum atomic E-state index is 0. The van der Waals surface area contributed by atoms with Crippen molar-refractivity contribution in [1.29, 1.82) is 0 Å². The van der Waals surface area contributed by atoms with Crippen molar-refractivity contribution in [2.75, 3.05) is 0 Å². The standard InChI is InChI=1S/C30H24NS.C13H24O2.Ir/c1-18-13-14-25-23(15-18)29-27(22-11-7-8-12-26(22)32-29)28(31-25)20-16-19-9-5-6-10-21(19)24(17-20)30(2,3)4;1-5-10(6-2)12(14)9-13(15)11(7-3)8-4;/h5-15,17H,1-4H3;9-11,14H,5-8H2,1-4H3;/q-1;;/b;12-9-;. The van der Waals surface area contributed by atoms with E-state index in [-0.39, 0.29) is 48.9 Å². The maximum Gasteiger partial charge on any atom is 0.162 e. The molecule has 1 N–H and O–H groups in total. The van der Waals surface area contributed by atoms with Crippen LogP contribution in [-0.4, -0.2) is 15.9 Å². The molecule has 5 heteroatoms. The van der Waals surface area contributed by atoms with Crippen molar-refractivity contribution in [2.45, 2.75) is 86.5 Å². The van der Waals surface area contributed by atoms with Gasteiger partial charge in [-0.05, 0) is 67.0 Å². The summed E-state index contributed by atoms with van der Waals surface area (Å²) >= 11 is 1.87. The van der Waals surface area contributed by atoms with Crippen molar-refractivity contribution >= 4 is 59.0 Å². The van der Waals surface area contributed by atoms with Gasteiger partial charge in [0.25, 0.3) is 0 Å². The minimum absolute atomic E-state index is 0. The summed E-state index contributed by atoms with van der Waals surface area (Å²) in [7, 11) is 0. The largest absolute Gasteiger partial charge is 0.512 e. The first-order valence-corrected chi connectivity index (χ1v) is 17.9. The summed E-state index contributed by atoms with van der Waals surface area (Å²) in [5, 5.41) is 15.9. The van der Waals surface area contributed by atoms with Crippen molar-refractivity contribution in [3.05, 3.63) is 102 Å². The number of aromatic nitrogens is 1. The molecule has 0 aliphatic rings. The molecule has 4 aromatic carbocycles. The molecule has 1 radical (unpaired) electrons. The average Bonchev–Trinajstić information content (AvgIpc) is 3.45. The number of fused-ring (bicyclic) bond motifs is 6. The fraction of sp³-hybridized carbons (Fsp3) is 0.349. The normalized spacial score (nSPS) is 12.2. The molecule has 6 rings (SSSR count). The number of hydrogen-bond acceptors (Lipinski definition) is 4. The van der Waals surface area contributed by atoms with Gasteiger partial charge in [-0.1, -0.05) is 107 Å². The maximum absolute atomic E-state index is 11.7. The number of hydrogen-bond donors (Lipinski definition) is 1. The van der Waals surface area contributed by atoms with E-state index in [0.717, 1.165) is 47.8 Å². The van der Waals surface area contributed by atoms with Gasteiger partial charge in [0.1, 0.15) is 0 Å². The van der Waals surface area contributed by atoms with Crippen molar-refractivity contribution < 1.29 is 30.0 Å². The Kier molecular flexibility index (Phi) is 12.4. The number of carbonyl (C=O) groups excluding carboxylic acids is 1. The topological polar surface area (TPSA) is 50.2 Å². The quantitative estimate of drug-likeness (QED) is 0.0944. The molecule has 253 valence electrons. The molecular formula is C43H48IrNO2S-. The van der Waals surface area contributed by atoms with Gasteiger partial charge in [-0.2, -0.15) is 0 Å². The first-order valence-electron chi connectivity index (χ1n) is 17.1. The molecule has 2 heterocycles. The number of aliphatic hydroxyl groups excluding tert-OH is 1. The summed E-state index contributed by atoms with van der Waals surface area (Å²) in [5.41, 5.74) is 5.77. The summed E-state index contributed by atoms with van der Waals surface area (Å²) < 4.78 is 2.62. The van der Waals surface area contributed by atoms with E-state index in [1.807, 2.05) is 39.0 Å². The van der Waals surface area contributed by atoms with E-state index >= 15 is 0 Å². The maximum atomic E-state index is 11.7. The van der Waals surface area contributed by atoms with Crippen LogP contribution < -0.4 is 0 Å². The number of aryl methyl sites for hydroxylation is 1. The number of benzene rings is 4. The van der Waals surface area contributed by atoms with Crippen molar-refractivity contribution in [3.63, 3.8) is 0 Å². The number of ketones is 1. The van der Waals surface area contributed by atoms with E-state index in [1.54, 1.807) is 0 Å². The van der Waals surface area contributed by atoms with Crippen LogP contribution in [0.25, 0.3) is 53.1 Å². The summed E-state index contributed by atoms with van der Waals surface area (Å²) in [6.45, 7) is 17.1. The first kappa shape index (κ1) is 37.4. The van der Waals surface area contributed by atoms with Crippen LogP contribution in [0.3, 0.4) is 0 Å². The van der Waals surface area contributed by atoms with Gasteiger partial charge in [0.2, 0.25) is 0 Å². The Morgan fingerprint density at radius 2 is 1.48 bits per heavy atom. The van der Waals surface area contributed by atoms with E-state index in [1.165, 1.54) is 48.1 Å². The predicted octanol–water partition coefficient (Wildman–Crippen LogP) is 12.7. The van der Waals surface area contributed by atoms with Gasteiger partial charge in [0.15, 0.2) is 5.78 Å². The number of rotatable bonds is 8. The molecule has 0 fully saturated rings. The van der Waals surface area contributed by atoms with E-state index in [0.29, 0.717) is 0 Å². The second-order valence-electron chi connectivity index (χ2n) is 13.7. The zero-order valence-electron chi connectivity index (χ0n) is 29.5. The number of aliphatic hydroxyl groups is 1. The van der Waals surface area contributed by atoms with Crippen molar-refractivity contribution in [1.82, 2.24) is 4.98 Å². The number of thiophene rings is 1. The predicted molar refractivity (Wildman–Crippen MR) is 204 cm³/mol.